The molecule has 0 spiro atoms. The van der Waals surface area contributed by atoms with Gasteiger partial charge in [0.1, 0.15) is 5.82 Å². The largest absolute Gasteiger partial charge is 0.390 e. The number of aliphatic imine (C=N–C) groups is 1. The van der Waals surface area contributed by atoms with E-state index in [2.05, 4.69) is 39.0 Å². The summed E-state index contributed by atoms with van der Waals surface area (Å²) < 4.78 is 1.02. The van der Waals surface area contributed by atoms with Crippen LogP contribution in [0.15, 0.2) is 34.6 Å². The fraction of sp³-hybridized carbons (Fsp3) is 0.391. The van der Waals surface area contributed by atoms with Crippen LogP contribution in [0.1, 0.15) is 24.0 Å². The molecule has 7 heteroatoms. The number of aryl methyl sites for hydroxylation is 2. The molecule has 2 aromatic rings. The quantitative estimate of drug-likeness (QED) is 0.566. The number of nitrogens with zero attached hydrogens (tertiary/aromatic N) is 3. The normalized spacial score (nSPS) is 22.5. The number of nitrogens with two attached hydrogens (primary N) is 1. The molecule has 2 fully saturated rings. The summed E-state index contributed by atoms with van der Waals surface area (Å²) in [5, 5.41) is 6.28. The van der Waals surface area contributed by atoms with Crippen LogP contribution in [0.25, 0.3) is 12.4 Å². The van der Waals surface area contributed by atoms with Crippen molar-refractivity contribution in [2.75, 3.05) is 25.0 Å². The molecule has 6 nitrogen and oxygen atoms in total. The summed E-state index contributed by atoms with van der Waals surface area (Å²) >= 11 is 1.65. The molecule has 158 valence electrons. The lowest BCUT2D eigenvalue weighted by atomic mass is 10.1. The number of carbonyl (C=O) groups excluding carboxylic acids is 1. The van der Waals surface area contributed by atoms with Crippen molar-refractivity contribution in [1.29, 1.82) is 0 Å². The van der Waals surface area contributed by atoms with Crippen molar-refractivity contribution in [3.05, 3.63) is 50.5 Å². The second kappa shape index (κ2) is 8.62. The molecule has 2 unspecified atom stereocenters. The first-order valence-electron chi connectivity index (χ1n) is 10.4. The van der Waals surface area contributed by atoms with Gasteiger partial charge in [-0.1, -0.05) is 24.8 Å². The zero-order valence-corrected chi connectivity index (χ0v) is 18.4. The second-order valence-electron chi connectivity index (χ2n) is 8.17. The van der Waals surface area contributed by atoms with Crippen LogP contribution in [0.5, 0.6) is 0 Å². The Morgan fingerprint density at radius 3 is 2.57 bits per heavy atom. The minimum Gasteiger partial charge on any atom is -0.390 e. The number of anilines is 1. The topological polar surface area (TPSA) is 74.0 Å². The van der Waals surface area contributed by atoms with E-state index >= 15 is 0 Å². The van der Waals surface area contributed by atoms with Crippen LogP contribution in [0.3, 0.4) is 0 Å². The number of piperazine rings is 1. The molecule has 0 radical (unpaired) electrons. The minimum atomic E-state index is 0.0371. The highest BCUT2D eigenvalue weighted by molar-refractivity contribution is 7.07. The van der Waals surface area contributed by atoms with Gasteiger partial charge in [-0.15, -0.1) is 11.3 Å². The summed E-state index contributed by atoms with van der Waals surface area (Å²) in [6.07, 6.45) is 3.58. The van der Waals surface area contributed by atoms with E-state index in [-0.39, 0.29) is 5.91 Å². The van der Waals surface area contributed by atoms with Gasteiger partial charge in [-0.3, -0.25) is 9.69 Å². The third-order valence-corrected chi connectivity index (χ3v) is 7.02. The molecule has 3 N–H and O–H groups in total. The third kappa shape index (κ3) is 4.00. The van der Waals surface area contributed by atoms with Gasteiger partial charge >= 0.3 is 0 Å². The predicted molar refractivity (Wildman–Crippen MR) is 125 cm³/mol. The van der Waals surface area contributed by atoms with E-state index in [9.17, 15) is 4.79 Å². The summed E-state index contributed by atoms with van der Waals surface area (Å²) in [5.41, 5.74) is 8.85. The van der Waals surface area contributed by atoms with E-state index < -0.39 is 0 Å². The number of nitrogens with one attached hydrogen (secondary N) is 1. The average molecular weight is 424 g/mol. The van der Waals surface area contributed by atoms with Crippen LogP contribution >= 0.6 is 11.3 Å². The number of benzene rings is 1. The first-order chi connectivity index (χ1) is 14.5. The Morgan fingerprint density at radius 2 is 1.97 bits per heavy atom. The molecular weight excluding hydrogens is 394 g/mol. The lowest BCUT2D eigenvalue weighted by molar-refractivity contribution is -0.117. The zero-order valence-electron chi connectivity index (χ0n) is 17.6. The number of carbonyl (C=O) groups is 1. The maximum Gasteiger partial charge on any atom is 0.238 e. The van der Waals surface area contributed by atoms with Gasteiger partial charge in [0.25, 0.3) is 0 Å². The van der Waals surface area contributed by atoms with Crippen LogP contribution in [-0.4, -0.2) is 53.8 Å². The van der Waals surface area contributed by atoms with Gasteiger partial charge < -0.3 is 16.0 Å². The number of hydrogen-bond donors (Lipinski definition) is 2. The Balaban J connectivity index is 1.51. The fourth-order valence-corrected chi connectivity index (χ4v) is 5.51. The Bertz CT molecular complexity index is 1060. The number of hydrogen-bond acceptors (Lipinski definition) is 5. The van der Waals surface area contributed by atoms with Crippen molar-refractivity contribution in [1.82, 2.24) is 9.80 Å². The average Bonchev–Trinajstić information content (AvgIpc) is 3.17. The van der Waals surface area contributed by atoms with Gasteiger partial charge in [0.15, 0.2) is 0 Å². The van der Waals surface area contributed by atoms with Gasteiger partial charge in [0, 0.05) is 40.6 Å². The van der Waals surface area contributed by atoms with Crippen molar-refractivity contribution in [3.63, 3.8) is 0 Å². The Labute approximate surface area is 181 Å². The molecule has 1 amide bonds. The Morgan fingerprint density at radius 1 is 1.27 bits per heavy atom. The van der Waals surface area contributed by atoms with E-state index in [1.54, 1.807) is 11.3 Å². The third-order valence-electron chi connectivity index (χ3n) is 6.06. The first kappa shape index (κ1) is 20.6. The van der Waals surface area contributed by atoms with Crippen molar-refractivity contribution in [3.8, 4) is 0 Å². The Kier molecular flexibility index (Phi) is 5.92. The number of rotatable bonds is 5. The summed E-state index contributed by atoms with van der Waals surface area (Å²) in [7, 11) is 0. The summed E-state index contributed by atoms with van der Waals surface area (Å²) in [6, 6.07) is 8.53. The molecule has 30 heavy (non-hydrogen) atoms. The fourth-order valence-electron chi connectivity index (χ4n) is 4.70. The van der Waals surface area contributed by atoms with Crippen molar-refractivity contribution < 1.29 is 4.79 Å². The summed E-state index contributed by atoms with van der Waals surface area (Å²) in [4.78, 5) is 21.9. The molecule has 0 saturated carbocycles. The molecule has 2 aliphatic rings. The molecule has 2 bridgehead atoms. The molecule has 1 aromatic carbocycles. The number of thiophene rings is 1. The maximum absolute atomic E-state index is 12.6. The lowest BCUT2D eigenvalue weighted by Crippen LogP contribution is -2.55. The van der Waals surface area contributed by atoms with E-state index in [0.29, 0.717) is 18.6 Å². The van der Waals surface area contributed by atoms with E-state index in [1.807, 2.05) is 31.2 Å². The molecule has 3 heterocycles. The van der Waals surface area contributed by atoms with Crippen LogP contribution in [-0.2, 0) is 4.79 Å². The van der Waals surface area contributed by atoms with E-state index in [4.69, 9.17) is 5.73 Å². The molecule has 2 aliphatic heterocycles. The minimum absolute atomic E-state index is 0.0371. The standard InChI is InChI=1S/C23H29N5OS/c1-15-6-4-5-7-20(15)26-21(29)12-27-10-18-8-9-19(11-27)28(18)23(25-14-24)22-16(2)13-30-17(22)3/h4-7,13-14,18-19H,3,8-12H2,1-2H3,(H2,24,25)(H,26,29)/b23-22+. The van der Waals surface area contributed by atoms with E-state index in [1.165, 1.54) is 11.9 Å². The number of likely N-dealkylation sites (tertiary alicyclic amines) is 1. The van der Waals surface area contributed by atoms with Gasteiger partial charge in [-0.2, -0.15) is 0 Å². The molecular formula is C23H29N5OS. The predicted octanol–water partition coefficient (Wildman–Crippen LogP) is 1.62. The number of fused-ring (bicyclic) bond motifs is 2. The molecule has 2 atom stereocenters. The van der Waals surface area contributed by atoms with E-state index in [0.717, 1.165) is 52.8 Å². The molecule has 2 saturated heterocycles. The summed E-state index contributed by atoms with van der Waals surface area (Å²) in [5.74, 6) is 0.966. The SMILES string of the molecule is C=c1scc(C)/c1=C(/N=CN)N1C2CCC1CN(CC(=O)Nc1ccccc1C)C2. The zero-order chi connectivity index (χ0) is 21.3. The number of amides is 1. The highest BCUT2D eigenvalue weighted by atomic mass is 32.1. The van der Waals surface area contributed by atoms with Gasteiger partial charge in [0.05, 0.1) is 12.9 Å². The smallest absolute Gasteiger partial charge is 0.238 e. The van der Waals surface area contributed by atoms with Crippen LogP contribution < -0.4 is 20.8 Å². The van der Waals surface area contributed by atoms with Crippen molar-refractivity contribution in [2.24, 2.45) is 10.7 Å². The first-order valence-corrected chi connectivity index (χ1v) is 11.2. The molecule has 4 rings (SSSR count). The van der Waals surface area contributed by atoms with Gasteiger partial charge in [-0.25, -0.2) is 4.99 Å². The van der Waals surface area contributed by atoms with Crippen LogP contribution in [0, 0.1) is 13.8 Å². The Hall–Kier alpha value is -2.64. The van der Waals surface area contributed by atoms with Crippen LogP contribution in [0.4, 0.5) is 5.69 Å². The van der Waals surface area contributed by atoms with Crippen molar-refractivity contribution >= 4 is 41.7 Å². The van der Waals surface area contributed by atoms with Gasteiger partial charge in [-0.05, 0) is 49.3 Å². The lowest BCUT2D eigenvalue weighted by Gasteiger charge is -2.42. The van der Waals surface area contributed by atoms with Gasteiger partial charge in [0.2, 0.25) is 5.91 Å². The monoisotopic (exact) mass is 423 g/mol. The van der Waals surface area contributed by atoms with Crippen molar-refractivity contribution in [2.45, 2.75) is 38.8 Å². The number of para-hydroxylation sites is 1. The second-order valence-corrected chi connectivity index (χ2v) is 9.13. The molecule has 0 aliphatic carbocycles. The maximum atomic E-state index is 12.6. The molecule has 1 aromatic heterocycles. The highest BCUT2D eigenvalue weighted by Crippen LogP contribution is 2.34. The highest BCUT2D eigenvalue weighted by Gasteiger charge is 2.41. The van der Waals surface area contributed by atoms with Crippen LogP contribution in [0.2, 0.25) is 0 Å². The summed E-state index contributed by atoms with van der Waals surface area (Å²) in [6.45, 7) is 10.4.